The number of ether oxygens (including phenoxy) is 1. The van der Waals surface area contributed by atoms with Crippen LogP contribution in [-0.4, -0.2) is 61.2 Å². The van der Waals surface area contributed by atoms with Gasteiger partial charge in [-0.25, -0.2) is 8.42 Å². The number of hydrogen-bond donors (Lipinski definition) is 0. The first-order valence-corrected chi connectivity index (χ1v) is 10.7. The smallest absolute Gasteiger partial charge is 0.244 e. The van der Waals surface area contributed by atoms with E-state index in [1.54, 1.807) is 25.4 Å². The average molecular weight is 411 g/mol. The Labute approximate surface area is 169 Å². The van der Waals surface area contributed by atoms with E-state index in [0.717, 1.165) is 22.8 Å². The van der Waals surface area contributed by atoms with Crippen LogP contribution in [0.1, 0.15) is 0 Å². The topological polar surface area (TPSA) is 88.5 Å². The molecule has 29 heavy (non-hydrogen) atoms. The highest BCUT2D eigenvalue weighted by Gasteiger charge is 2.29. The van der Waals surface area contributed by atoms with E-state index in [1.807, 2.05) is 41.3 Å². The van der Waals surface area contributed by atoms with Gasteiger partial charge in [0.05, 0.1) is 12.8 Å². The van der Waals surface area contributed by atoms with Crippen molar-refractivity contribution in [1.29, 1.82) is 0 Å². The van der Waals surface area contributed by atoms with Crippen molar-refractivity contribution in [2.45, 2.75) is 4.90 Å². The lowest BCUT2D eigenvalue weighted by molar-refractivity contribution is 0.383. The molecule has 150 valence electrons. The molecule has 9 heteroatoms. The van der Waals surface area contributed by atoms with Crippen LogP contribution in [0.15, 0.2) is 65.8 Å². The lowest BCUT2D eigenvalue weighted by atomic mass is 10.1. The Balaban J connectivity index is 1.45. The number of anilines is 1. The van der Waals surface area contributed by atoms with Crippen LogP contribution in [0.4, 0.5) is 5.82 Å². The van der Waals surface area contributed by atoms with E-state index in [9.17, 15) is 8.42 Å². The monoisotopic (exact) mass is 411 g/mol. The van der Waals surface area contributed by atoms with Crippen LogP contribution in [0.2, 0.25) is 0 Å². The van der Waals surface area contributed by atoms with Crippen molar-refractivity contribution in [2.75, 3.05) is 38.2 Å². The largest absolute Gasteiger partial charge is 0.496 e. The summed E-state index contributed by atoms with van der Waals surface area (Å²) in [6, 6.07) is 14.6. The molecule has 0 bridgehead atoms. The highest BCUT2D eigenvalue weighted by atomic mass is 32.2. The van der Waals surface area contributed by atoms with Gasteiger partial charge in [0.15, 0.2) is 5.82 Å². The molecule has 3 aromatic rings. The molecule has 8 nitrogen and oxygen atoms in total. The fourth-order valence-corrected chi connectivity index (χ4v) is 4.69. The minimum Gasteiger partial charge on any atom is -0.496 e. The molecule has 0 aliphatic carbocycles. The second-order valence-electron chi connectivity index (χ2n) is 6.56. The molecule has 4 rings (SSSR count). The molecule has 0 amide bonds. The second-order valence-corrected chi connectivity index (χ2v) is 8.49. The summed E-state index contributed by atoms with van der Waals surface area (Å²) >= 11 is 0. The Bertz CT molecular complexity index is 1070. The number of aromatic nitrogens is 3. The maximum absolute atomic E-state index is 12.7. The number of sulfonamides is 1. The van der Waals surface area contributed by atoms with Gasteiger partial charge in [0.2, 0.25) is 10.0 Å². The van der Waals surface area contributed by atoms with E-state index in [2.05, 4.69) is 15.2 Å². The molecule has 1 aliphatic heterocycles. The predicted octanol–water partition coefficient (Wildman–Crippen LogP) is 2.06. The third kappa shape index (κ3) is 3.92. The zero-order chi connectivity index (χ0) is 20.3. The van der Waals surface area contributed by atoms with Crippen molar-refractivity contribution >= 4 is 15.8 Å². The first-order chi connectivity index (χ1) is 14.1. The normalized spacial score (nSPS) is 15.3. The first-order valence-electron chi connectivity index (χ1n) is 9.22. The fraction of sp³-hybridized carbons (Fsp3) is 0.250. The summed E-state index contributed by atoms with van der Waals surface area (Å²) in [5.41, 5.74) is 1.60. The third-order valence-corrected chi connectivity index (χ3v) is 6.75. The van der Waals surface area contributed by atoms with Crippen LogP contribution in [0.25, 0.3) is 11.3 Å². The number of pyridine rings is 1. The maximum atomic E-state index is 12.7. The van der Waals surface area contributed by atoms with E-state index in [0.29, 0.717) is 26.2 Å². The lowest BCUT2D eigenvalue weighted by Gasteiger charge is -2.34. The molecule has 0 atom stereocenters. The number of piperazine rings is 1. The van der Waals surface area contributed by atoms with Gasteiger partial charge in [0.25, 0.3) is 0 Å². The molecular weight excluding hydrogens is 390 g/mol. The molecule has 0 saturated carbocycles. The third-order valence-electron chi connectivity index (χ3n) is 4.87. The van der Waals surface area contributed by atoms with Gasteiger partial charge in [0, 0.05) is 44.1 Å². The van der Waals surface area contributed by atoms with E-state index >= 15 is 0 Å². The van der Waals surface area contributed by atoms with Gasteiger partial charge in [-0.05, 0) is 36.4 Å². The van der Waals surface area contributed by atoms with Crippen LogP contribution in [-0.2, 0) is 10.0 Å². The van der Waals surface area contributed by atoms with Crippen LogP contribution < -0.4 is 9.64 Å². The average Bonchev–Trinajstić information content (AvgIpc) is 2.80. The molecule has 0 radical (unpaired) electrons. The van der Waals surface area contributed by atoms with Crippen LogP contribution in [0.5, 0.6) is 5.75 Å². The molecule has 0 unspecified atom stereocenters. The zero-order valence-electron chi connectivity index (χ0n) is 16.0. The summed E-state index contributed by atoms with van der Waals surface area (Å²) in [6.45, 7) is 1.85. The number of benzene rings is 1. The number of rotatable bonds is 5. The van der Waals surface area contributed by atoms with Gasteiger partial charge >= 0.3 is 0 Å². The summed E-state index contributed by atoms with van der Waals surface area (Å²) in [7, 11) is -1.90. The van der Waals surface area contributed by atoms with Crippen molar-refractivity contribution in [3.63, 3.8) is 0 Å². The van der Waals surface area contributed by atoms with E-state index < -0.39 is 10.0 Å². The highest BCUT2D eigenvalue weighted by Crippen LogP contribution is 2.28. The summed E-state index contributed by atoms with van der Waals surface area (Å²) in [6.07, 6.45) is 2.94. The fourth-order valence-electron chi connectivity index (χ4n) is 3.30. The molecule has 0 N–H and O–H groups in total. The van der Waals surface area contributed by atoms with Crippen molar-refractivity contribution in [2.24, 2.45) is 0 Å². The number of methoxy groups -OCH3 is 1. The van der Waals surface area contributed by atoms with Crippen LogP contribution >= 0.6 is 0 Å². The van der Waals surface area contributed by atoms with E-state index in [1.165, 1.54) is 10.5 Å². The molecule has 0 spiro atoms. The molecule has 3 heterocycles. The minimum atomic E-state index is -3.52. The summed E-state index contributed by atoms with van der Waals surface area (Å²) < 4.78 is 32.3. The Morgan fingerprint density at radius 3 is 2.38 bits per heavy atom. The quantitative estimate of drug-likeness (QED) is 0.635. The highest BCUT2D eigenvalue weighted by molar-refractivity contribution is 7.89. The molecule has 2 aromatic heterocycles. The Kier molecular flexibility index (Phi) is 5.41. The summed E-state index contributed by atoms with van der Waals surface area (Å²) in [5.74, 6) is 1.46. The standard InChI is InChI=1S/C20H21N5O3S/c1-28-19-7-3-2-6-17(19)18-8-9-20(23-22-18)24-11-13-25(14-12-24)29(26,27)16-5-4-10-21-15-16/h2-10,15H,11-14H2,1H3. The molecule has 1 aliphatic rings. The minimum absolute atomic E-state index is 0.217. The van der Waals surface area contributed by atoms with E-state index in [-0.39, 0.29) is 4.90 Å². The van der Waals surface area contributed by atoms with Gasteiger partial charge < -0.3 is 9.64 Å². The molecule has 1 aromatic carbocycles. The lowest BCUT2D eigenvalue weighted by Crippen LogP contribution is -2.49. The Hall–Kier alpha value is -3.04. The molecular formula is C20H21N5O3S. The van der Waals surface area contributed by atoms with Gasteiger partial charge in [0.1, 0.15) is 10.6 Å². The molecule has 1 saturated heterocycles. The van der Waals surface area contributed by atoms with Crippen molar-refractivity contribution in [3.8, 4) is 17.0 Å². The van der Waals surface area contributed by atoms with E-state index in [4.69, 9.17) is 4.74 Å². The SMILES string of the molecule is COc1ccccc1-c1ccc(N2CCN(S(=O)(=O)c3cccnc3)CC2)nn1. The second kappa shape index (κ2) is 8.14. The number of nitrogens with zero attached hydrogens (tertiary/aromatic N) is 5. The first kappa shape index (κ1) is 19.3. The van der Waals surface area contributed by atoms with Crippen molar-refractivity contribution < 1.29 is 13.2 Å². The number of para-hydroxylation sites is 1. The van der Waals surface area contributed by atoms with Gasteiger partial charge in [-0.1, -0.05) is 12.1 Å². The van der Waals surface area contributed by atoms with Gasteiger partial charge in [-0.15, -0.1) is 10.2 Å². The summed E-state index contributed by atoms with van der Waals surface area (Å²) in [4.78, 5) is 6.16. The zero-order valence-corrected chi connectivity index (χ0v) is 16.8. The number of hydrogen-bond acceptors (Lipinski definition) is 7. The van der Waals surface area contributed by atoms with Gasteiger partial charge in [-0.2, -0.15) is 4.31 Å². The summed E-state index contributed by atoms with van der Waals surface area (Å²) in [5, 5.41) is 8.68. The Morgan fingerprint density at radius 2 is 1.72 bits per heavy atom. The maximum Gasteiger partial charge on any atom is 0.244 e. The predicted molar refractivity (Wildman–Crippen MR) is 109 cm³/mol. The van der Waals surface area contributed by atoms with Crippen molar-refractivity contribution in [3.05, 3.63) is 60.9 Å². The Morgan fingerprint density at radius 1 is 0.931 bits per heavy atom. The van der Waals surface area contributed by atoms with Crippen LogP contribution in [0, 0.1) is 0 Å². The molecule has 1 fully saturated rings. The van der Waals surface area contributed by atoms with Gasteiger partial charge in [-0.3, -0.25) is 4.98 Å². The van der Waals surface area contributed by atoms with Crippen LogP contribution in [0.3, 0.4) is 0 Å². The van der Waals surface area contributed by atoms with Crippen molar-refractivity contribution in [1.82, 2.24) is 19.5 Å².